The summed E-state index contributed by atoms with van der Waals surface area (Å²) in [5, 5.41) is 0. The molecule has 0 radical (unpaired) electrons. The quantitative estimate of drug-likeness (QED) is 0.426. The van der Waals surface area contributed by atoms with Crippen molar-refractivity contribution in [3.05, 3.63) is 29.8 Å². The van der Waals surface area contributed by atoms with Crippen molar-refractivity contribution in [2.24, 2.45) is 5.84 Å². The molecule has 0 fully saturated rings. The predicted octanol–water partition coefficient (Wildman–Crippen LogP) is 1.22. The van der Waals surface area contributed by atoms with Crippen LogP contribution in [-0.2, 0) is 0 Å². The second-order valence-corrected chi connectivity index (χ2v) is 2.90. The molecule has 0 heterocycles. The van der Waals surface area contributed by atoms with Gasteiger partial charge < -0.3 is 4.74 Å². The molecule has 1 aromatic carbocycles. The van der Waals surface area contributed by atoms with Crippen LogP contribution in [-0.4, -0.2) is 7.11 Å². The molecular formula is C11H14N2O. The fourth-order valence-corrected chi connectivity index (χ4v) is 1.25. The minimum absolute atomic E-state index is 0.0184. The van der Waals surface area contributed by atoms with Crippen molar-refractivity contribution in [3.63, 3.8) is 0 Å². The molecule has 1 rings (SSSR count). The Hall–Kier alpha value is -1.50. The van der Waals surface area contributed by atoms with E-state index in [2.05, 4.69) is 11.3 Å². The number of methoxy groups -OCH3 is 1. The first-order valence-corrected chi connectivity index (χ1v) is 4.35. The van der Waals surface area contributed by atoms with Crippen LogP contribution in [0.15, 0.2) is 24.3 Å². The van der Waals surface area contributed by atoms with Gasteiger partial charge in [-0.15, -0.1) is 12.3 Å². The molecule has 0 saturated heterocycles. The highest BCUT2D eigenvalue weighted by Crippen LogP contribution is 2.20. The standard InChI is InChI=1S/C11H14N2O/c1-3-5-11(13-12)9-6-4-7-10(8-9)14-2/h1,4,6-8,11,13H,5,12H2,2H3. The van der Waals surface area contributed by atoms with Crippen LogP contribution < -0.4 is 16.0 Å². The minimum Gasteiger partial charge on any atom is -0.497 e. The third-order valence-electron chi connectivity index (χ3n) is 2.02. The van der Waals surface area contributed by atoms with Crippen molar-refractivity contribution < 1.29 is 4.74 Å². The van der Waals surface area contributed by atoms with Crippen molar-refractivity contribution >= 4 is 0 Å². The van der Waals surface area contributed by atoms with Gasteiger partial charge >= 0.3 is 0 Å². The van der Waals surface area contributed by atoms with Gasteiger partial charge in [-0.05, 0) is 17.7 Å². The number of hydrogen-bond donors (Lipinski definition) is 2. The van der Waals surface area contributed by atoms with Crippen LogP contribution in [0.5, 0.6) is 5.75 Å². The Kier molecular flexibility index (Phi) is 3.99. The zero-order valence-corrected chi connectivity index (χ0v) is 8.16. The molecule has 74 valence electrons. The van der Waals surface area contributed by atoms with Crippen molar-refractivity contribution in [2.75, 3.05) is 7.11 Å². The minimum atomic E-state index is -0.0184. The Labute approximate surface area is 84.2 Å². The van der Waals surface area contributed by atoms with Gasteiger partial charge in [0.15, 0.2) is 0 Å². The van der Waals surface area contributed by atoms with Crippen LogP contribution in [0.4, 0.5) is 0 Å². The van der Waals surface area contributed by atoms with Crippen LogP contribution in [0, 0.1) is 12.3 Å². The van der Waals surface area contributed by atoms with Crippen LogP contribution in [0.3, 0.4) is 0 Å². The Morgan fingerprint density at radius 2 is 2.43 bits per heavy atom. The van der Waals surface area contributed by atoms with Gasteiger partial charge in [0.25, 0.3) is 0 Å². The number of benzene rings is 1. The fourth-order valence-electron chi connectivity index (χ4n) is 1.25. The van der Waals surface area contributed by atoms with E-state index in [0.29, 0.717) is 6.42 Å². The maximum absolute atomic E-state index is 5.40. The van der Waals surface area contributed by atoms with Gasteiger partial charge in [-0.1, -0.05) is 12.1 Å². The number of rotatable bonds is 4. The molecule has 0 aliphatic carbocycles. The molecule has 0 aliphatic heterocycles. The highest BCUT2D eigenvalue weighted by Gasteiger charge is 2.08. The third-order valence-corrected chi connectivity index (χ3v) is 2.02. The molecule has 0 saturated carbocycles. The van der Waals surface area contributed by atoms with Crippen LogP contribution in [0.1, 0.15) is 18.0 Å². The summed E-state index contributed by atoms with van der Waals surface area (Å²) < 4.78 is 5.11. The maximum atomic E-state index is 5.40. The molecule has 0 aliphatic rings. The maximum Gasteiger partial charge on any atom is 0.119 e. The first-order valence-electron chi connectivity index (χ1n) is 4.35. The van der Waals surface area contributed by atoms with Crippen LogP contribution >= 0.6 is 0 Å². The highest BCUT2D eigenvalue weighted by molar-refractivity contribution is 5.31. The SMILES string of the molecule is C#CCC(NN)c1cccc(OC)c1. The molecule has 0 bridgehead atoms. The second-order valence-electron chi connectivity index (χ2n) is 2.90. The number of nitrogens with two attached hydrogens (primary N) is 1. The van der Waals surface area contributed by atoms with E-state index in [-0.39, 0.29) is 6.04 Å². The summed E-state index contributed by atoms with van der Waals surface area (Å²) in [6.07, 6.45) is 5.80. The fraction of sp³-hybridized carbons (Fsp3) is 0.273. The summed E-state index contributed by atoms with van der Waals surface area (Å²) in [5.74, 6) is 8.77. The Morgan fingerprint density at radius 3 is 3.00 bits per heavy atom. The van der Waals surface area contributed by atoms with E-state index in [9.17, 15) is 0 Å². The first-order chi connectivity index (χ1) is 6.81. The summed E-state index contributed by atoms with van der Waals surface area (Å²) in [6, 6.07) is 7.66. The average Bonchev–Trinajstić information content (AvgIpc) is 2.26. The van der Waals surface area contributed by atoms with Gasteiger partial charge in [-0.2, -0.15) is 0 Å². The zero-order chi connectivity index (χ0) is 10.4. The predicted molar refractivity (Wildman–Crippen MR) is 56.5 cm³/mol. The molecule has 1 atom stereocenters. The van der Waals surface area contributed by atoms with Gasteiger partial charge in [-0.3, -0.25) is 11.3 Å². The second kappa shape index (κ2) is 5.28. The summed E-state index contributed by atoms with van der Waals surface area (Å²) >= 11 is 0. The van der Waals surface area contributed by atoms with Gasteiger partial charge in [0.2, 0.25) is 0 Å². The van der Waals surface area contributed by atoms with E-state index in [1.165, 1.54) is 0 Å². The normalized spacial score (nSPS) is 11.8. The molecule has 3 heteroatoms. The average molecular weight is 190 g/mol. The van der Waals surface area contributed by atoms with E-state index in [1.807, 2.05) is 24.3 Å². The summed E-state index contributed by atoms with van der Waals surface area (Å²) in [5.41, 5.74) is 3.70. The van der Waals surface area contributed by atoms with E-state index in [0.717, 1.165) is 11.3 Å². The lowest BCUT2D eigenvalue weighted by Crippen LogP contribution is -2.27. The van der Waals surface area contributed by atoms with Crippen molar-refractivity contribution in [3.8, 4) is 18.1 Å². The molecule has 3 nitrogen and oxygen atoms in total. The highest BCUT2D eigenvalue weighted by atomic mass is 16.5. The van der Waals surface area contributed by atoms with Crippen molar-refractivity contribution in [2.45, 2.75) is 12.5 Å². The lowest BCUT2D eigenvalue weighted by molar-refractivity contribution is 0.413. The largest absolute Gasteiger partial charge is 0.497 e. The van der Waals surface area contributed by atoms with Gasteiger partial charge in [0.1, 0.15) is 5.75 Å². The van der Waals surface area contributed by atoms with E-state index in [1.54, 1.807) is 7.11 Å². The van der Waals surface area contributed by atoms with Crippen molar-refractivity contribution in [1.82, 2.24) is 5.43 Å². The smallest absolute Gasteiger partial charge is 0.119 e. The van der Waals surface area contributed by atoms with Gasteiger partial charge in [0.05, 0.1) is 13.2 Å². The summed E-state index contributed by atoms with van der Waals surface area (Å²) in [4.78, 5) is 0. The Bertz CT molecular complexity index is 330. The molecule has 0 amide bonds. The van der Waals surface area contributed by atoms with E-state index < -0.39 is 0 Å². The van der Waals surface area contributed by atoms with E-state index >= 15 is 0 Å². The number of nitrogens with one attached hydrogen (secondary N) is 1. The molecule has 14 heavy (non-hydrogen) atoms. The molecule has 1 aromatic rings. The molecule has 3 N–H and O–H groups in total. The number of ether oxygens (including phenoxy) is 1. The topological polar surface area (TPSA) is 47.3 Å². The lowest BCUT2D eigenvalue weighted by atomic mass is 10.0. The Morgan fingerprint density at radius 1 is 1.64 bits per heavy atom. The number of terminal acetylenes is 1. The first kappa shape index (κ1) is 10.6. The van der Waals surface area contributed by atoms with Crippen LogP contribution in [0.25, 0.3) is 0 Å². The monoisotopic (exact) mass is 190 g/mol. The van der Waals surface area contributed by atoms with Crippen LogP contribution in [0.2, 0.25) is 0 Å². The molecule has 0 spiro atoms. The third kappa shape index (κ3) is 2.49. The van der Waals surface area contributed by atoms with Crippen molar-refractivity contribution in [1.29, 1.82) is 0 Å². The summed E-state index contributed by atoms with van der Waals surface area (Å²) in [7, 11) is 1.63. The number of hydrazine groups is 1. The Balaban J connectivity index is 2.87. The molecule has 0 aromatic heterocycles. The lowest BCUT2D eigenvalue weighted by Gasteiger charge is -2.13. The molecular weight excluding hydrogens is 176 g/mol. The number of hydrogen-bond acceptors (Lipinski definition) is 3. The summed E-state index contributed by atoms with van der Waals surface area (Å²) in [6.45, 7) is 0. The zero-order valence-electron chi connectivity index (χ0n) is 8.16. The van der Waals surface area contributed by atoms with E-state index in [4.69, 9.17) is 17.0 Å². The van der Waals surface area contributed by atoms with Gasteiger partial charge in [-0.25, -0.2) is 0 Å². The van der Waals surface area contributed by atoms with Gasteiger partial charge in [0, 0.05) is 6.42 Å². The molecule has 1 unspecified atom stereocenters.